The standard InChI is InChI=1S/C2H3.2O.Ti/c1-2;;;/h1H,2H2;;;/q;2*-2;+4. The summed E-state index contributed by atoms with van der Waals surface area (Å²) in [6, 6.07) is 0. The summed E-state index contributed by atoms with van der Waals surface area (Å²) in [5.41, 5.74) is 0. The van der Waals surface area contributed by atoms with Crippen molar-refractivity contribution in [3.8, 4) is 0 Å². The van der Waals surface area contributed by atoms with Crippen LogP contribution in [0.4, 0.5) is 0 Å². The zero-order valence-corrected chi connectivity index (χ0v) is 4.16. The maximum Gasteiger partial charge on any atom is -2.00 e. The molecule has 0 aliphatic heterocycles. The van der Waals surface area contributed by atoms with Gasteiger partial charge in [0.25, 0.3) is 0 Å². The van der Waals surface area contributed by atoms with Crippen molar-refractivity contribution in [1.29, 1.82) is 0 Å². The van der Waals surface area contributed by atoms with Crippen LogP contribution in [0.1, 0.15) is 0 Å². The van der Waals surface area contributed by atoms with Crippen molar-refractivity contribution in [3.63, 3.8) is 0 Å². The first kappa shape index (κ1) is 18.2. The van der Waals surface area contributed by atoms with Crippen molar-refractivity contribution in [3.05, 3.63) is 11.0 Å². The van der Waals surface area contributed by atoms with Gasteiger partial charge in [0.2, 0.25) is 0 Å². The molecule has 3 heteroatoms. The Morgan fingerprint density at radius 3 is 1.40 bits per heavy atom. The Balaban J connectivity index is -0.0000000200. The second-order valence-electron chi connectivity index (χ2n) is 0.204. The van der Waals surface area contributed by atoms with Crippen LogP contribution in [0, 0.1) is 0 Å². The third-order valence-electron chi connectivity index (χ3n) is 0. The third-order valence-corrected chi connectivity index (χ3v) is 0. The van der Waals surface area contributed by atoms with E-state index in [-0.39, 0.29) is 11.0 Å². The first-order chi connectivity index (χ1) is 1.41. The normalized spacial score (nSPS) is 2.80. The van der Waals surface area contributed by atoms with E-state index in [2.05, 4.69) is 6.58 Å². The van der Waals surface area contributed by atoms with Gasteiger partial charge in [-0.25, -0.2) is 0 Å². The Morgan fingerprint density at radius 2 is 1.40 bits per heavy atom. The van der Waals surface area contributed by atoms with Gasteiger partial charge in [0.05, 0.1) is 0 Å². The van der Waals surface area contributed by atoms with Crippen molar-refractivity contribution in [1.82, 2.24) is 0 Å². The minimum atomic E-state index is 0. The van der Waals surface area contributed by atoms with E-state index in [4.69, 9.17) is 0 Å². The molecule has 0 fully saturated rings. The van der Waals surface area contributed by atoms with Crippen LogP contribution >= 0.6 is 0 Å². The maximum absolute atomic E-state index is 3.36. The van der Waals surface area contributed by atoms with Crippen LogP contribution in [0.5, 0.6) is 0 Å². The molecule has 0 radical (unpaired) electrons. The summed E-state index contributed by atoms with van der Waals surface area (Å²) in [6.45, 7) is 3.36. The molecular formula is C2H3O2Ti. The molecule has 0 heterocycles. The van der Waals surface area contributed by atoms with E-state index in [0.717, 1.165) is 0 Å². The van der Waals surface area contributed by atoms with E-state index in [9.17, 15) is 0 Å². The molecule has 0 spiro atoms. The van der Waals surface area contributed by atoms with Gasteiger partial charge in [-0.1, -0.05) is 0 Å². The Kier molecular flexibility index (Phi) is 96.2. The molecule has 0 aliphatic rings. The van der Waals surface area contributed by atoms with Crippen LogP contribution in [0.15, 0.2) is 11.0 Å². The topological polar surface area (TPSA) is 57.0 Å². The third kappa shape index (κ3) is 176. The number of hydrogen-bond donors (Lipinski definition) is 0. The maximum atomic E-state index is 3.36. The predicted octanol–water partition coefficient (Wildman–Crippen LogP) is 0.439. The van der Waals surface area contributed by atoms with Crippen LogP contribution in [0.3, 0.4) is 0 Å². The molecule has 0 aromatic carbocycles. The summed E-state index contributed by atoms with van der Waals surface area (Å²) in [5.74, 6) is 0. The van der Waals surface area contributed by atoms with E-state index in [1.165, 1.54) is 0 Å². The Labute approximate surface area is 42.9 Å². The molecule has 0 N–H and O–H groups in total. The van der Waals surface area contributed by atoms with Crippen LogP contribution in [0.2, 0.25) is 0 Å². The summed E-state index contributed by atoms with van der Waals surface area (Å²) in [6.07, 6.45) is 0. The van der Waals surface area contributed by atoms with Crippen molar-refractivity contribution in [2.24, 2.45) is 0 Å². The van der Waals surface area contributed by atoms with E-state index < -0.39 is 0 Å². The summed E-state index contributed by atoms with van der Waals surface area (Å²) in [5, 5.41) is 0. The minimum absolute atomic E-state index is 0. The zero-order valence-electron chi connectivity index (χ0n) is 2.60. The fourth-order valence-corrected chi connectivity index (χ4v) is 0. The van der Waals surface area contributed by atoms with Crippen LogP contribution in [-0.2, 0) is 31.4 Å². The van der Waals surface area contributed by atoms with Gasteiger partial charge in [-0.05, 0) is 0 Å². The molecular weight excluding hydrogens is 104 g/mol. The largest absolute Gasteiger partial charge is 2.00 e. The van der Waals surface area contributed by atoms with E-state index >= 15 is 0 Å². The quantitative estimate of drug-likeness (QED) is 0.403. The molecule has 2 nitrogen and oxygen atoms in total. The monoisotopic (exact) mass is 107 g/mol. The molecule has 0 aromatic heterocycles. The van der Waals surface area contributed by atoms with Gasteiger partial charge in [-0.2, -0.15) is 0 Å². The number of rotatable bonds is 0. The zero-order chi connectivity index (χ0) is 2.71. The smallest absolute Gasteiger partial charge is 2.00 e. The van der Waals surface area contributed by atoms with Crippen molar-refractivity contribution in [2.45, 2.75) is 0 Å². The molecule has 27 valence electrons. The molecule has 0 aromatic rings. The van der Waals surface area contributed by atoms with Gasteiger partial charge in [0, 0.05) is 0 Å². The summed E-state index contributed by atoms with van der Waals surface area (Å²) in [4.78, 5) is 0. The molecule has 0 unspecified atom stereocenters. The van der Waals surface area contributed by atoms with Gasteiger partial charge in [0.1, 0.15) is 0 Å². The van der Waals surface area contributed by atoms with Crippen LogP contribution < -0.4 is 0 Å². The average molecular weight is 107 g/mol. The molecule has 0 rings (SSSR count). The van der Waals surface area contributed by atoms with Gasteiger partial charge < -0.3 is 11.0 Å². The summed E-state index contributed by atoms with van der Waals surface area (Å²) >= 11 is 1.89. The van der Waals surface area contributed by atoms with Crippen LogP contribution in [-0.4, -0.2) is 0 Å². The Bertz CT molecular complexity index is 15.1. The summed E-state index contributed by atoms with van der Waals surface area (Å²) in [7, 11) is 0. The average Bonchev–Trinajstić information content (AvgIpc) is 0.918. The second kappa shape index (κ2) is 26.4. The summed E-state index contributed by atoms with van der Waals surface area (Å²) < 4.78 is 1.75. The van der Waals surface area contributed by atoms with E-state index in [1.807, 2.05) is 20.4 Å². The van der Waals surface area contributed by atoms with Crippen molar-refractivity contribution in [2.75, 3.05) is 0 Å². The van der Waals surface area contributed by atoms with E-state index in [0.29, 0.717) is 0 Å². The molecule has 0 amide bonds. The second-order valence-corrected chi connectivity index (χ2v) is 0.842. The molecule has 0 atom stereocenters. The molecule has 0 saturated carbocycles. The van der Waals surface area contributed by atoms with Gasteiger partial charge in [-0.15, -0.1) is 0 Å². The number of hydrogen-bond acceptors (Lipinski definition) is 0. The van der Waals surface area contributed by atoms with Gasteiger partial charge in [-0.3, -0.25) is 0 Å². The van der Waals surface area contributed by atoms with Gasteiger partial charge in [0.15, 0.2) is 0 Å². The van der Waals surface area contributed by atoms with Crippen LogP contribution in [0.25, 0.3) is 0 Å². The Morgan fingerprint density at radius 1 is 1.40 bits per heavy atom. The molecule has 0 aliphatic carbocycles. The SMILES string of the molecule is C=[CH][Ti+4].[O-2].[O-2]. The predicted molar refractivity (Wildman–Crippen MR) is 11.6 cm³/mol. The molecule has 5 heavy (non-hydrogen) atoms. The molecule has 0 bridgehead atoms. The fraction of sp³-hybridized carbons (Fsp3) is 0. The van der Waals surface area contributed by atoms with Crippen molar-refractivity contribution < 1.29 is 31.4 Å². The van der Waals surface area contributed by atoms with Crippen molar-refractivity contribution >= 4 is 0 Å². The Hall–Kier alpha value is 0.374. The van der Waals surface area contributed by atoms with Gasteiger partial charge >= 0.3 is 31.4 Å². The van der Waals surface area contributed by atoms with E-state index in [1.54, 1.807) is 4.38 Å². The molecule has 0 saturated heterocycles. The first-order valence-electron chi connectivity index (χ1n) is 0.697. The fourth-order valence-electron chi connectivity index (χ4n) is 0. The first-order valence-corrected chi connectivity index (χ1v) is 1.60. The minimum Gasteiger partial charge on any atom is -2.00 e.